The Morgan fingerprint density at radius 2 is 1.30 bits per heavy atom. The molecule has 3 aromatic carbocycles. The number of nitrogens with zero attached hydrogens (tertiary/aromatic N) is 1. The number of rotatable bonds is 4. The third-order valence-corrected chi connectivity index (χ3v) is 19.7. The summed E-state index contributed by atoms with van der Waals surface area (Å²) in [5.41, 5.74) is 1.90. The van der Waals surface area contributed by atoms with E-state index >= 15 is 5.25 Å². The Morgan fingerprint density at radius 1 is 0.800 bits per heavy atom. The Labute approximate surface area is 179 Å². The van der Waals surface area contributed by atoms with Crippen LogP contribution < -0.4 is 9.81 Å². The van der Waals surface area contributed by atoms with Crippen molar-refractivity contribution < 1.29 is 9.99 Å². The third-order valence-electron chi connectivity index (χ3n) is 5.50. The molecule has 0 bridgehead atoms. The van der Waals surface area contributed by atoms with Gasteiger partial charge in [0.15, 0.2) is 0 Å². The number of aryl methyl sites for hydroxylation is 2. The van der Waals surface area contributed by atoms with Crippen molar-refractivity contribution in [2.45, 2.75) is 33.2 Å². The van der Waals surface area contributed by atoms with Gasteiger partial charge < -0.3 is 0 Å². The van der Waals surface area contributed by atoms with Gasteiger partial charge in [-0.15, -0.1) is 0 Å². The van der Waals surface area contributed by atoms with Crippen molar-refractivity contribution >= 4 is 35.7 Å². The maximum absolute atomic E-state index is 17.5. The molecule has 1 aliphatic rings. The van der Waals surface area contributed by atoms with Crippen molar-refractivity contribution in [1.82, 2.24) is 0 Å². The fourth-order valence-corrected chi connectivity index (χ4v) is 16.0. The van der Waals surface area contributed by atoms with Crippen LogP contribution in [0.1, 0.15) is 30.5 Å². The van der Waals surface area contributed by atoms with E-state index in [1.807, 2.05) is 27.7 Å². The number of hydrogen-bond acceptors (Lipinski definition) is 2. The second-order valence-corrected chi connectivity index (χ2v) is 21.5. The van der Waals surface area contributed by atoms with Crippen molar-refractivity contribution in [3.05, 3.63) is 89.5 Å². The number of halogens is 2. The van der Waals surface area contributed by atoms with Crippen molar-refractivity contribution in [3.63, 3.8) is 0 Å². The average molecular weight is 603 g/mol. The molecule has 0 atom stereocenters. The summed E-state index contributed by atoms with van der Waals surface area (Å²) < 4.78 is 41.1. The zero-order chi connectivity index (χ0) is 21.6. The average Bonchev–Trinajstić information content (AvgIpc) is 3.08. The molecule has 0 saturated carbocycles. The van der Waals surface area contributed by atoms with E-state index in [0.29, 0.717) is 18.1 Å². The van der Waals surface area contributed by atoms with Gasteiger partial charge in [0.25, 0.3) is 0 Å². The summed E-state index contributed by atoms with van der Waals surface area (Å²) in [5.74, 6) is 0.312. The summed E-state index contributed by atoms with van der Waals surface area (Å²) in [6.07, 6.45) is 0. The fraction of sp³-hybridized carbons (Fsp3) is 0.240. The van der Waals surface area contributed by atoms with E-state index in [-0.39, 0.29) is 9.81 Å². The Morgan fingerprint density at radius 3 is 1.77 bits per heavy atom. The first-order valence-corrected chi connectivity index (χ1v) is 17.9. The van der Waals surface area contributed by atoms with E-state index in [9.17, 15) is 0 Å². The van der Waals surface area contributed by atoms with Crippen LogP contribution in [0.25, 0.3) is 0 Å². The van der Waals surface area contributed by atoms with Gasteiger partial charge in [-0.3, -0.25) is 0 Å². The van der Waals surface area contributed by atoms with E-state index in [1.54, 1.807) is 72.8 Å². The zero-order valence-corrected chi connectivity index (χ0v) is 21.2. The first kappa shape index (κ1) is 21.1. The van der Waals surface area contributed by atoms with Crippen LogP contribution >= 0.6 is 0 Å². The fourth-order valence-electron chi connectivity index (χ4n) is 3.76. The quantitative estimate of drug-likeness (QED) is 0.410. The molecule has 5 heteroatoms. The first-order chi connectivity index (χ1) is 14.1. The van der Waals surface area contributed by atoms with E-state index in [4.69, 9.17) is 4.74 Å². The van der Waals surface area contributed by atoms with Crippen LogP contribution in [-0.4, -0.2) is 38.0 Å². The minimum atomic E-state index is -6.99. The Hall–Kier alpha value is -2.13. The summed E-state index contributed by atoms with van der Waals surface area (Å²) in [4.78, 5) is 4.61. The SMILES string of the molecule is Cc1cc[c]([Bi]([F])([F])([c]2ccc(C)cc2)[c]2ccccc2C2=NC(C)(C)CO2)cc1. The van der Waals surface area contributed by atoms with Gasteiger partial charge in [0.05, 0.1) is 0 Å². The van der Waals surface area contributed by atoms with Crippen molar-refractivity contribution in [2.75, 3.05) is 6.61 Å². The molecule has 0 aromatic heterocycles. The number of hydrogen-bond donors (Lipinski definition) is 0. The van der Waals surface area contributed by atoms with E-state index in [0.717, 1.165) is 11.1 Å². The van der Waals surface area contributed by atoms with Crippen LogP contribution in [0.3, 0.4) is 0 Å². The second-order valence-electron chi connectivity index (χ2n) is 8.61. The van der Waals surface area contributed by atoms with Gasteiger partial charge >= 0.3 is 180 Å². The molecule has 0 fully saturated rings. The van der Waals surface area contributed by atoms with Crippen LogP contribution in [0.2, 0.25) is 0 Å². The molecule has 0 radical (unpaired) electrons. The van der Waals surface area contributed by atoms with Gasteiger partial charge in [0.1, 0.15) is 0 Å². The maximum atomic E-state index is 17.5. The molecule has 1 heterocycles. The van der Waals surface area contributed by atoms with Gasteiger partial charge in [-0.1, -0.05) is 0 Å². The van der Waals surface area contributed by atoms with Gasteiger partial charge in [0, 0.05) is 0 Å². The molecule has 30 heavy (non-hydrogen) atoms. The minimum absolute atomic E-state index is 0.0765. The molecule has 0 N–H and O–H groups in total. The van der Waals surface area contributed by atoms with Gasteiger partial charge in [-0.25, -0.2) is 0 Å². The topological polar surface area (TPSA) is 21.6 Å². The predicted molar refractivity (Wildman–Crippen MR) is 122 cm³/mol. The monoisotopic (exact) mass is 603 g/mol. The van der Waals surface area contributed by atoms with Crippen LogP contribution in [0.4, 0.5) is 5.25 Å². The molecule has 0 aliphatic carbocycles. The van der Waals surface area contributed by atoms with Crippen LogP contribution in [0.15, 0.2) is 77.8 Å². The summed E-state index contributed by atoms with van der Waals surface area (Å²) >= 11 is -6.99. The molecule has 0 saturated heterocycles. The summed E-state index contributed by atoms with van der Waals surface area (Å²) in [6.45, 7) is 8.09. The van der Waals surface area contributed by atoms with Crippen LogP contribution in [-0.2, 0) is 4.74 Å². The molecule has 1 aliphatic heterocycles. The standard InChI is InChI=1S/C11H12NO.2C7H7.Bi.2FH/c1-11(2)8-13-10(12-11)9-6-4-3-5-7-9;2*1-7-5-3-2-4-6-7;;;/h3-6H,8H2,1-2H3;2*3-6H,1H3;;2*1H/q;;;+2;;/p-2. The van der Waals surface area contributed by atoms with Crippen molar-refractivity contribution in [2.24, 2.45) is 4.99 Å². The Balaban J connectivity index is 2.04. The van der Waals surface area contributed by atoms with Crippen LogP contribution in [0, 0.1) is 13.8 Å². The van der Waals surface area contributed by atoms with Gasteiger partial charge in [0.2, 0.25) is 0 Å². The molecular formula is C25H26BiF2NO. The zero-order valence-electron chi connectivity index (χ0n) is 17.7. The summed E-state index contributed by atoms with van der Waals surface area (Å²) in [5, 5.41) is 0. The molecule has 0 unspecified atom stereocenters. The first-order valence-electron chi connectivity index (χ1n) is 10.0. The molecule has 0 spiro atoms. The second kappa shape index (κ2) is 7.23. The Kier molecular flexibility index (Phi) is 5.09. The third kappa shape index (κ3) is 3.47. The van der Waals surface area contributed by atoms with Gasteiger partial charge in [-0.2, -0.15) is 0 Å². The van der Waals surface area contributed by atoms with E-state index in [2.05, 4.69) is 4.99 Å². The Bertz CT molecular complexity index is 1070. The van der Waals surface area contributed by atoms with Gasteiger partial charge in [-0.05, 0) is 0 Å². The van der Waals surface area contributed by atoms with Crippen molar-refractivity contribution in [3.8, 4) is 0 Å². The van der Waals surface area contributed by atoms with Crippen molar-refractivity contribution in [1.29, 1.82) is 0 Å². The van der Waals surface area contributed by atoms with E-state index in [1.165, 1.54) is 0 Å². The molecule has 4 rings (SSSR count). The number of aliphatic imine (C=N–C) groups is 1. The molecular weight excluding hydrogens is 577 g/mol. The predicted octanol–water partition coefficient (Wildman–Crippen LogP) is 4.22. The number of ether oxygens (including phenoxy) is 1. The number of benzene rings is 3. The van der Waals surface area contributed by atoms with Crippen LogP contribution in [0.5, 0.6) is 0 Å². The molecule has 0 amide bonds. The molecule has 3 aromatic rings. The van der Waals surface area contributed by atoms with E-state index < -0.39 is 25.5 Å². The summed E-state index contributed by atoms with van der Waals surface area (Å²) in [7, 11) is 0. The molecule has 2 nitrogen and oxygen atoms in total. The summed E-state index contributed by atoms with van der Waals surface area (Å²) in [6, 6.07) is 20.2. The normalized spacial score (nSPS) is 17.0. The molecule has 156 valence electrons.